The lowest BCUT2D eigenvalue weighted by Gasteiger charge is -2.12. The number of carbonyl (C=O) groups excluding carboxylic acids is 1. The van der Waals surface area contributed by atoms with E-state index in [0.29, 0.717) is 6.61 Å². The van der Waals surface area contributed by atoms with E-state index >= 15 is 0 Å². The topological polar surface area (TPSA) is 26.3 Å². The van der Waals surface area contributed by atoms with Gasteiger partial charge in [0.05, 0.1) is 12.5 Å². The van der Waals surface area contributed by atoms with Crippen LogP contribution in [0.5, 0.6) is 0 Å². The van der Waals surface area contributed by atoms with E-state index in [1.165, 1.54) is 64.2 Å². The van der Waals surface area contributed by atoms with Crippen molar-refractivity contribution >= 4 is 5.97 Å². The van der Waals surface area contributed by atoms with Gasteiger partial charge in [-0.25, -0.2) is 0 Å². The normalized spacial score (nSPS) is 26.5. The summed E-state index contributed by atoms with van der Waals surface area (Å²) >= 11 is 0. The third-order valence-electron chi connectivity index (χ3n) is 3.93. The van der Waals surface area contributed by atoms with Gasteiger partial charge < -0.3 is 4.74 Å². The summed E-state index contributed by atoms with van der Waals surface area (Å²) in [5.74, 6) is 0.111. The Hall–Kier alpha value is -0.530. The molecule has 2 heteroatoms. The first-order valence-corrected chi connectivity index (χ1v) is 7.97. The molecule has 106 valence electrons. The van der Waals surface area contributed by atoms with Gasteiger partial charge in [0.1, 0.15) is 0 Å². The zero-order valence-electron chi connectivity index (χ0n) is 12.1. The average molecular weight is 254 g/mol. The van der Waals surface area contributed by atoms with Crippen molar-refractivity contribution in [2.24, 2.45) is 5.92 Å². The number of carbonyl (C=O) groups is 1. The summed E-state index contributed by atoms with van der Waals surface area (Å²) in [6.07, 6.45) is 15.3. The van der Waals surface area contributed by atoms with Crippen LogP contribution in [-0.2, 0) is 9.53 Å². The minimum atomic E-state index is 0.0158. The van der Waals surface area contributed by atoms with E-state index in [9.17, 15) is 4.79 Å². The molecule has 0 bridgehead atoms. The highest BCUT2D eigenvalue weighted by Crippen LogP contribution is 2.16. The monoisotopic (exact) mass is 254 g/mol. The van der Waals surface area contributed by atoms with Gasteiger partial charge in [0, 0.05) is 0 Å². The molecule has 0 saturated carbocycles. The zero-order valence-corrected chi connectivity index (χ0v) is 12.1. The van der Waals surface area contributed by atoms with Gasteiger partial charge in [-0.15, -0.1) is 0 Å². The molecule has 0 N–H and O–H groups in total. The van der Waals surface area contributed by atoms with Gasteiger partial charge in [0.2, 0.25) is 0 Å². The van der Waals surface area contributed by atoms with E-state index in [0.717, 1.165) is 12.8 Å². The van der Waals surface area contributed by atoms with Gasteiger partial charge in [-0.1, -0.05) is 71.1 Å². The molecule has 0 amide bonds. The van der Waals surface area contributed by atoms with Gasteiger partial charge >= 0.3 is 5.97 Å². The summed E-state index contributed by atoms with van der Waals surface area (Å²) in [6.45, 7) is 2.63. The predicted molar refractivity (Wildman–Crippen MR) is 75.5 cm³/mol. The summed E-state index contributed by atoms with van der Waals surface area (Å²) in [7, 11) is 0. The lowest BCUT2D eigenvalue weighted by atomic mass is 10.0. The van der Waals surface area contributed by atoms with Gasteiger partial charge in [-0.2, -0.15) is 0 Å². The second kappa shape index (κ2) is 10.4. The minimum Gasteiger partial charge on any atom is -0.465 e. The second-order valence-electron chi connectivity index (χ2n) is 5.75. The molecule has 0 aromatic rings. The van der Waals surface area contributed by atoms with Gasteiger partial charge in [0.15, 0.2) is 0 Å². The first-order chi connectivity index (χ1) is 8.80. The number of esters is 1. The Morgan fingerprint density at radius 2 is 1.22 bits per heavy atom. The summed E-state index contributed by atoms with van der Waals surface area (Å²) in [6, 6.07) is 0. The molecule has 1 unspecified atom stereocenters. The Labute approximate surface area is 112 Å². The van der Waals surface area contributed by atoms with Crippen LogP contribution in [0.2, 0.25) is 0 Å². The molecule has 1 fully saturated rings. The number of hydrogen-bond donors (Lipinski definition) is 0. The Kier molecular flexibility index (Phi) is 8.97. The van der Waals surface area contributed by atoms with Crippen molar-refractivity contribution in [2.45, 2.75) is 84.0 Å². The maximum absolute atomic E-state index is 11.7. The largest absolute Gasteiger partial charge is 0.465 e. The smallest absolute Gasteiger partial charge is 0.308 e. The van der Waals surface area contributed by atoms with Gasteiger partial charge in [0.25, 0.3) is 0 Å². The molecule has 2 nitrogen and oxygen atoms in total. The molecule has 1 saturated heterocycles. The molecule has 1 aliphatic rings. The lowest BCUT2D eigenvalue weighted by Crippen LogP contribution is -2.15. The van der Waals surface area contributed by atoms with Crippen LogP contribution in [0.15, 0.2) is 0 Å². The van der Waals surface area contributed by atoms with Crippen molar-refractivity contribution in [1.29, 1.82) is 0 Å². The molecule has 1 aliphatic heterocycles. The van der Waals surface area contributed by atoms with Crippen LogP contribution in [0.3, 0.4) is 0 Å². The SMILES string of the molecule is CC1CCCCCCCCCCCCCOC1=O. The number of cyclic esters (lactones) is 1. The Bertz CT molecular complexity index is 213. The van der Waals surface area contributed by atoms with Crippen LogP contribution >= 0.6 is 0 Å². The van der Waals surface area contributed by atoms with Crippen LogP contribution in [0.25, 0.3) is 0 Å². The van der Waals surface area contributed by atoms with E-state index in [4.69, 9.17) is 4.74 Å². The third kappa shape index (κ3) is 7.73. The van der Waals surface area contributed by atoms with E-state index in [1.807, 2.05) is 6.92 Å². The summed E-state index contributed by atoms with van der Waals surface area (Å²) < 4.78 is 5.32. The Balaban J connectivity index is 2.22. The number of rotatable bonds is 0. The summed E-state index contributed by atoms with van der Waals surface area (Å²) in [4.78, 5) is 11.7. The number of ether oxygens (including phenoxy) is 1. The summed E-state index contributed by atoms with van der Waals surface area (Å²) in [5.41, 5.74) is 0. The molecular weight excluding hydrogens is 224 g/mol. The fourth-order valence-electron chi connectivity index (χ4n) is 2.58. The van der Waals surface area contributed by atoms with Crippen molar-refractivity contribution in [2.75, 3.05) is 6.61 Å². The van der Waals surface area contributed by atoms with Crippen molar-refractivity contribution in [1.82, 2.24) is 0 Å². The maximum atomic E-state index is 11.7. The number of hydrogen-bond acceptors (Lipinski definition) is 2. The summed E-state index contributed by atoms with van der Waals surface area (Å²) in [5, 5.41) is 0. The lowest BCUT2D eigenvalue weighted by molar-refractivity contribution is -0.148. The van der Waals surface area contributed by atoms with Crippen LogP contribution in [-0.4, -0.2) is 12.6 Å². The fraction of sp³-hybridized carbons (Fsp3) is 0.938. The minimum absolute atomic E-state index is 0.0158. The van der Waals surface area contributed by atoms with Crippen LogP contribution < -0.4 is 0 Å². The van der Waals surface area contributed by atoms with Gasteiger partial charge in [-0.3, -0.25) is 4.79 Å². The van der Waals surface area contributed by atoms with Crippen molar-refractivity contribution in [3.63, 3.8) is 0 Å². The van der Waals surface area contributed by atoms with Crippen LogP contribution in [0.4, 0.5) is 0 Å². The Morgan fingerprint density at radius 3 is 1.78 bits per heavy atom. The standard InChI is InChI=1S/C16H30O2/c1-15-13-11-9-7-5-3-2-4-6-8-10-12-14-18-16(15)17/h15H,2-14H2,1H3. The van der Waals surface area contributed by atoms with Crippen molar-refractivity contribution in [3.05, 3.63) is 0 Å². The van der Waals surface area contributed by atoms with Crippen molar-refractivity contribution in [3.8, 4) is 0 Å². The molecular formula is C16H30O2. The van der Waals surface area contributed by atoms with E-state index < -0.39 is 0 Å². The molecule has 1 heterocycles. The first kappa shape index (κ1) is 15.5. The molecule has 1 rings (SSSR count). The third-order valence-corrected chi connectivity index (χ3v) is 3.93. The van der Waals surface area contributed by atoms with Crippen LogP contribution in [0.1, 0.15) is 84.0 Å². The molecule has 0 spiro atoms. The molecule has 0 radical (unpaired) electrons. The highest BCUT2D eigenvalue weighted by molar-refractivity contribution is 5.71. The van der Waals surface area contributed by atoms with Crippen LogP contribution in [0, 0.1) is 5.92 Å². The van der Waals surface area contributed by atoms with Gasteiger partial charge in [-0.05, 0) is 12.8 Å². The van der Waals surface area contributed by atoms with E-state index in [-0.39, 0.29) is 11.9 Å². The molecule has 0 aromatic carbocycles. The quantitative estimate of drug-likeness (QED) is 0.577. The molecule has 0 aliphatic carbocycles. The Morgan fingerprint density at radius 1 is 0.778 bits per heavy atom. The van der Waals surface area contributed by atoms with Crippen molar-refractivity contribution < 1.29 is 9.53 Å². The molecule has 18 heavy (non-hydrogen) atoms. The van der Waals surface area contributed by atoms with E-state index in [1.54, 1.807) is 0 Å². The van der Waals surface area contributed by atoms with E-state index in [2.05, 4.69) is 0 Å². The fourth-order valence-corrected chi connectivity index (χ4v) is 2.58. The average Bonchev–Trinajstić information content (AvgIpc) is 2.37. The highest BCUT2D eigenvalue weighted by atomic mass is 16.5. The maximum Gasteiger partial charge on any atom is 0.308 e. The predicted octanol–water partition coefficient (Wildman–Crippen LogP) is 4.86. The first-order valence-electron chi connectivity index (χ1n) is 7.97. The zero-order chi connectivity index (χ0) is 13.1. The highest BCUT2D eigenvalue weighted by Gasteiger charge is 2.13. The second-order valence-corrected chi connectivity index (χ2v) is 5.75. The molecule has 1 atom stereocenters. The molecule has 0 aromatic heterocycles.